The van der Waals surface area contributed by atoms with E-state index in [0.717, 1.165) is 6.54 Å². The van der Waals surface area contributed by atoms with E-state index >= 15 is 0 Å². The number of nitrogens with zero attached hydrogens (tertiary/aromatic N) is 2. The summed E-state index contributed by atoms with van der Waals surface area (Å²) in [5.41, 5.74) is 6.38. The Morgan fingerprint density at radius 3 is 2.69 bits per heavy atom. The molecule has 4 nitrogen and oxygen atoms in total. The zero-order chi connectivity index (χ0) is 10.0. The Morgan fingerprint density at radius 1 is 1.69 bits per heavy atom. The Labute approximate surface area is 77.7 Å². The van der Waals surface area contributed by atoms with Crippen LogP contribution < -0.4 is 5.73 Å². The predicted molar refractivity (Wildman–Crippen MR) is 50.3 cm³/mol. The zero-order valence-corrected chi connectivity index (χ0v) is 8.24. The Balaban J connectivity index is 2.89. The predicted octanol–water partition coefficient (Wildman–Crippen LogP) is 0.946. The van der Waals surface area contributed by atoms with Crippen LogP contribution in [0.5, 0.6) is 0 Å². The first-order valence-corrected chi connectivity index (χ1v) is 4.34. The van der Waals surface area contributed by atoms with Crippen LogP contribution in [0.3, 0.4) is 0 Å². The van der Waals surface area contributed by atoms with E-state index in [1.807, 2.05) is 0 Å². The number of amides is 1. The minimum absolute atomic E-state index is 0.410. The van der Waals surface area contributed by atoms with Gasteiger partial charge in [0, 0.05) is 12.7 Å². The molecule has 1 rings (SSSR count). The summed E-state index contributed by atoms with van der Waals surface area (Å²) in [6.07, 6.45) is 1.71. The number of primary amides is 1. The molecule has 0 fully saturated rings. The summed E-state index contributed by atoms with van der Waals surface area (Å²) < 4.78 is 1.76. The smallest absolute Gasteiger partial charge is 0.252 e. The molecule has 2 N–H and O–H groups in total. The molecule has 72 valence electrons. The molecule has 13 heavy (non-hydrogen) atoms. The first-order valence-electron chi connectivity index (χ1n) is 4.34. The second kappa shape index (κ2) is 3.60. The fraction of sp³-hybridized carbons (Fsp3) is 0.556. The third-order valence-corrected chi connectivity index (χ3v) is 1.76. The second-order valence-electron chi connectivity index (χ2n) is 3.61. The molecule has 0 atom stereocenters. The van der Waals surface area contributed by atoms with Crippen LogP contribution in [-0.4, -0.2) is 15.7 Å². The number of carbonyl (C=O) groups excluding carboxylic acids is 1. The molecule has 4 heteroatoms. The number of aryl methyl sites for hydroxylation is 1. The topological polar surface area (TPSA) is 60.9 Å². The van der Waals surface area contributed by atoms with E-state index in [2.05, 4.69) is 18.9 Å². The highest BCUT2D eigenvalue weighted by Gasteiger charge is 2.09. The van der Waals surface area contributed by atoms with Crippen molar-refractivity contribution >= 4 is 5.91 Å². The average Bonchev–Trinajstić information content (AvgIpc) is 2.29. The van der Waals surface area contributed by atoms with E-state index in [9.17, 15) is 4.79 Å². The average molecular weight is 181 g/mol. The van der Waals surface area contributed by atoms with Gasteiger partial charge in [0.2, 0.25) is 0 Å². The van der Waals surface area contributed by atoms with Crippen molar-refractivity contribution in [2.45, 2.75) is 27.3 Å². The van der Waals surface area contributed by atoms with E-state index in [-0.39, 0.29) is 0 Å². The molecule has 1 amide bonds. The van der Waals surface area contributed by atoms with Crippen LogP contribution in [0.2, 0.25) is 0 Å². The van der Waals surface area contributed by atoms with Crippen molar-refractivity contribution in [1.29, 1.82) is 0 Å². The first kappa shape index (κ1) is 9.77. The molecule has 0 saturated heterocycles. The van der Waals surface area contributed by atoms with Gasteiger partial charge in [0.25, 0.3) is 5.91 Å². The Bertz CT molecular complexity index is 315. The van der Waals surface area contributed by atoms with Gasteiger partial charge < -0.3 is 5.73 Å². The SMILES string of the molecule is Cc1nn(CC(C)C)cc1C(N)=O. The van der Waals surface area contributed by atoms with Gasteiger partial charge in [-0.25, -0.2) is 0 Å². The molecular weight excluding hydrogens is 166 g/mol. The van der Waals surface area contributed by atoms with Crippen molar-refractivity contribution in [3.8, 4) is 0 Å². The highest BCUT2D eigenvalue weighted by atomic mass is 16.1. The lowest BCUT2D eigenvalue weighted by Crippen LogP contribution is -2.11. The summed E-state index contributed by atoms with van der Waals surface area (Å²) in [4.78, 5) is 10.9. The highest BCUT2D eigenvalue weighted by Crippen LogP contribution is 2.06. The van der Waals surface area contributed by atoms with Gasteiger partial charge in [-0.1, -0.05) is 13.8 Å². The van der Waals surface area contributed by atoms with Gasteiger partial charge in [0.1, 0.15) is 0 Å². The summed E-state index contributed by atoms with van der Waals surface area (Å²) in [6.45, 7) is 6.80. The van der Waals surface area contributed by atoms with Crippen LogP contribution >= 0.6 is 0 Å². The summed E-state index contributed by atoms with van der Waals surface area (Å²) in [5, 5.41) is 4.19. The lowest BCUT2D eigenvalue weighted by Gasteiger charge is -2.02. The van der Waals surface area contributed by atoms with E-state index in [0.29, 0.717) is 17.2 Å². The van der Waals surface area contributed by atoms with Gasteiger partial charge in [-0.3, -0.25) is 9.48 Å². The largest absolute Gasteiger partial charge is 0.365 e. The molecule has 0 saturated carbocycles. The third-order valence-electron chi connectivity index (χ3n) is 1.76. The van der Waals surface area contributed by atoms with E-state index < -0.39 is 5.91 Å². The maximum atomic E-state index is 10.9. The Hall–Kier alpha value is -1.32. The second-order valence-corrected chi connectivity index (χ2v) is 3.61. The normalized spacial score (nSPS) is 10.8. The number of rotatable bonds is 3. The van der Waals surface area contributed by atoms with Crippen LogP contribution in [-0.2, 0) is 6.54 Å². The number of carbonyl (C=O) groups is 1. The minimum atomic E-state index is -0.410. The molecule has 0 aliphatic carbocycles. The van der Waals surface area contributed by atoms with Gasteiger partial charge in [-0.2, -0.15) is 5.10 Å². The lowest BCUT2D eigenvalue weighted by atomic mass is 10.2. The fourth-order valence-corrected chi connectivity index (χ4v) is 1.23. The molecule has 0 aromatic carbocycles. The summed E-state index contributed by atoms with van der Waals surface area (Å²) >= 11 is 0. The van der Waals surface area contributed by atoms with E-state index in [4.69, 9.17) is 5.73 Å². The molecule has 1 aromatic rings. The molecule has 0 spiro atoms. The van der Waals surface area contributed by atoms with Crippen molar-refractivity contribution in [2.24, 2.45) is 11.7 Å². The number of hydrogen-bond donors (Lipinski definition) is 1. The lowest BCUT2D eigenvalue weighted by molar-refractivity contribution is 0.0999. The summed E-state index contributed by atoms with van der Waals surface area (Å²) in [7, 11) is 0. The highest BCUT2D eigenvalue weighted by molar-refractivity contribution is 5.93. The molecule has 0 aliphatic rings. The molecule has 1 aromatic heterocycles. The van der Waals surface area contributed by atoms with Gasteiger partial charge in [-0.05, 0) is 12.8 Å². The number of hydrogen-bond acceptors (Lipinski definition) is 2. The molecule has 0 radical (unpaired) electrons. The maximum Gasteiger partial charge on any atom is 0.252 e. The van der Waals surface area contributed by atoms with Gasteiger partial charge in [0.15, 0.2) is 0 Å². The van der Waals surface area contributed by atoms with Crippen molar-refractivity contribution in [3.63, 3.8) is 0 Å². The molecule has 1 heterocycles. The number of nitrogens with two attached hydrogens (primary N) is 1. The van der Waals surface area contributed by atoms with Crippen LogP contribution in [0.1, 0.15) is 29.9 Å². The van der Waals surface area contributed by atoms with Crippen LogP contribution in [0.15, 0.2) is 6.20 Å². The zero-order valence-electron chi connectivity index (χ0n) is 8.24. The van der Waals surface area contributed by atoms with Crippen molar-refractivity contribution in [3.05, 3.63) is 17.5 Å². The van der Waals surface area contributed by atoms with Crippen molar-refractivity contribution < 1.29 is 4.79 Å². The molecular formula is C9H15N3O. The van der Waals surface area contributed by atoms with Crippen molar-refractivity contribution in [2.75, 3.05) is 0 Å². The quantitative estimate of drug-likeness (QED) is 0.754. The van der Waals surface area contributed by atoms with Crippen LogP contribution in [0.4, 0.5) is 0 Å². The van der Waals surface area contributed by atoms with Gasteiger partial charge in [0.05, 0.1) is 11.3 Å². The minimum Gasteiger partial charge on any atom is -0.365 e. The maximum absolute atomic E-state index is 10.9. The Morgan fingerprint density at radius 2 is 2.31 bits per heavy atom. The number of aromatic nitrogens is 2. The van der Waals surface area contributed by atoms with Crippen LogP contribution in [0.25, 0.3) is 0 Å². The molecule has 0 aliphatic heterocycles. The third kappa shape index (κ3) is 2.31. The standard InChI is InChI=1S/C9H15N3O/c1-6(2)4-12-5-8(9(10)13)7(3)11-12/h5-6H,4H2,1-3H3,(H2,10,13). The first-order chi connectivity index (χ1) is 6.00. The molecule has 0 unspecified atom stereocenters. The van der Waals surface area contributed by atoms with E-state index in [1.165, 1.54) is 0 Å². The Kier molecular flexibility index (Phi) is 2.70. The summed E-state index contributed by atoms with van der Waals surface area (Å²) in [6, 6.07) is 0. The summed E-state index contributed by atoms with van der Waals surface area (Å²) in [5.74, 6) is 0.104. The van der Waals surface area contributed by atoms with Crippen LogP contribution in [0, 0.1) is 12.8 Å². The van der Waals surface area contributed by atoms with E-state index in [1.54, 1.807) is 17.8 Å². The monoisotopic (exact) mass is 181 g/mol. The van der Waals surface area contributed by atoms with Gasteiger partial charge in [-0.15, -0.1) is 0 Å². The van der Waals surface area contributed by atoms with Crippen molar-refractivity contribution in [1.82, 2.24) is 9.78 Å². The van der Waals surface area contributed by atoms with Gasteiger partial charge >= 0.3 is 0 Å². The fourth-order valence-electron chi connectivity index (χ4n) is 1.23. The molecule has 0 bridgehead atoms.